The predicted molar refractivity (Wildman–Crippen MR) is 75.5 cm³/mol. The molecule has 2 atom stereocenters. The van der Waals surface area contributed by atoms with Gasteiger partial charge in [0.25, 0.3) is 0 Å². The summed E-state index contributed by atoms with van der Waals surface area (Å²) in [7, 11) is 0. The van der Waals surface area contributed by atoms with Gasteiger partial charge < -0.3 is 15.1 Å². The Bertz CT molecular complexity index is 539. The van der Waals surface area contributed by atoms with Crippen molar-refractivity contribution < 1.29 is 24.2 Å². The molecule has 1 amide bonds. The van der Waals surface area contributed by atoms with E-state index < -0.39 is 18.1 Å². The zero-order chi connectivity index (χ0) is 15.4. The zero-order valence-corrected chi connectivity index (χ0v) is 12.1. The molecule has 0 radical (unpaired) electrons. The Morgan fingerprint density at radius 2 is 2.10 bits per heavy atom. The van der Waals surface area contributed by atoms with Crippen LogP contribution in [0.3, 0.4) is 0 Å². The fourth-order valence-corrected chi connectivity index (χ4v) is 3.15. The summed E-state index contributed by atoms with van der Waals surface area (Å²) in [6.45, 7) is 0.0418. The van der Waals surface area contributed by atoms with Crippen molar-refractivity contribution in [3.63, 3.8) is 0 Å². The predicted octanol–water partition coefficient (Wildman–Crippen LogP) is 1.35. The summed E-state index contributed by atoms with van der Waals surface area (Å²) in [6, 6.07) is 5.31. The standard InChI is InChI=1S/C14H16FNO4S/c15-10-3-1-2-4-12(10)21-6-5-13(18)16-8-9(17)7-11(16)14(19)20/h1-4,9,11,17H,5-8H2,(H,19,20). The number of halogens is 1. The van der Waals surface area contributed by atoms with Gasteiger partial charge in [-0.3, -0.25) is 4.79 Å². The minimum atomic E-state index is -1.11. The molecule has 0 aromatic heterocycles. The number of hydrogen-bond donors (Lipinski definition) is 2. The number of carboxylic acid groups (broad SMARTS) is 1. The van der Waals surface area contributed by atoms with Crippen LogP contribution in [0.2, 0.25) is 0 Å². The fraction of sp³-hybridized carbons (Fsp3) is 0.429. The molecule has 1 heterocycles. The number of aliphatic carboxylic acids is 1. The highest BCUT2D eigenvalue weighted by Crippen LogP contribution is 2.24. The first-order valence-electron chi connectivity index (χ1n) is 6.56. The van der Waals surface area contributed by atoms with E-state index in [4.69, 9.17) is 5.11 Å². The van der Waals surface area contributed by atoms with Gasteiger partial charge in [-0.2, -0.15) is 0 Å². The lowest BCUT2D eigenvalue weighted by molar-refractivity contribution is -0.148. The number of carboxylic acids is 1. The molecule has 1 saturated heterocycles. The van der Waals surface area contributed by atoms with Gasteiger partial charge in [-0.1, -0.05) is 12.1 Å². The maximum atomic E-state index is 13.4. The van der Waals surface area contributed by atoms with Crippen molar-refractivity contribution in [2.45, 2.75) is 29.9 Å². The molecule has 1 aromatic rings. The van der Waals surface area contributed by atoms with Crippen molar-refractivity contribution in [1.82, 2.24) is 4.90 Å². The average Bonchev–Trinajstić information content (AvgIpc) is 2.83. The van der Waals surface area contributed by atoms with Gasteiger partial charge in [0, 0.05) is 30.0 Å². The molecular formula is C14H16FNO4S. The van der Waals surface area contributed by atoms with Crippen molar-refractivity contribution in [3.8, 4) is 0 Å². The molecule has 0 bridgehead atoms. The van der Waals surface area contributed by atoms with Crippen LogP contribution in [0.15, 0.2) is 29.2 Å². The number of aliphatic hydroxyl groups is 1. The zero-order valence-electron chi connectivity index (χ0n) is 11.2. The Balaban J connectivity index is 1.87. The number of carbonyl (C=O) groups excluding carboxylic acids is 1. The van der Waals surface area contributed by atoms with Crippen molar-refractivity contribution in [2.24, 2.45) is 0 Å². The third-order valence-corrected chi connectivity index (χ3v) is 4.34. The topological polar surface area (TPSA) is 77.8 Å². The summed E-state index contributed by atoms with van der Waals surface area (Å²) in [5.74, 6) is -1.42. The minimum absolute atomic E-state index is 0.0418. The number of carbonyl (C=O) groups is 2. The summed E-state index contributed by atoms with van der Waals surface area (Å²) in [4.78, 5) is 24.7. The summed E-state index contributed by atoms with van der Waals surface area (Å²) < 4.78 is 13.4. The number of β-amino-alcohol motifs (C(OH)–C–C–N with tert-alkyl or cyclic N) is 1. The summed E-state index contributed by atoms with van der Waals surface area (Å²) in [5, 5.41) is 18.5. The maximum absolute atomic E-state index is 13.4. The number of benzene rings is 1. The molecule has 0 aliphatic carbocycles. The van der Waals surface area contributed by atoms with Crippen molar-refractivity contribution in [2.75, 3.05) is 12.3 Å². The van der Waals surface area contributed by atoms with Crippen LogP contribution in [0.4, 0.5) is 4.39 Å². The Morgan fingerprint density at radius 3 is 2.76 bits per heavy atom. The molecule has 7 heteroatoms. The van der Waals surface area contributed by atoms with E-state index in [0.717, 1.165) is 0 Å². The van der Waals surface area contributed by atoms with E-state index in [9.17, 15) is 19.1 Å². The van der Waals surface area contributed by atoms with E-state index in [1.807, 2.05) is 0 Å². The highest BCUT2D eigenvalue weighted by Gasteiger charge is 2.38. The second kappa shape index (κ2) is 6.91. The maximum Gasteiger partial charge on any atom is 0.326 e. The number of nitrogens with zero attached hydrogens (tertiary/aromatic N) is 1. The molecule has 2 rings (SSSR count). The molecule has 2 unspecified atom stereocenters. The van der Waals surface area contributed by atoms with E-state index in [0.29, 0.717) is 10.6 Å². The third-order valence-electron chi connectivity index (χ3n) is 3.29. The molecule has 21 heavy (non-hydrogen) atoms. The first kappa shape index (κ1) is 15.8. The van der Waals surface area contributed by atoms with E-state index in [1.165, 1.54) is 22.7 Å². The van der Waals surface area contributed by atoms with Crippen molar-refractivity contribution >= 4 is 23.6 Å². The number of amides is 1. The van der Waals surface area contributed by atoms with E-state index in [2.05, 4.69) is 0 Å². The van der Waals surface area contributed by atoms with E-state index in [1.54, 1.807) is 18.2 Å². The van der Waals surface area contributed by atoms with Gasteiger partial charge >= 0.3 is 5.97 Å². The number of thioether (sulfide) groups is 1. The Kier molecular flexibility index (Phi) is 5.19. The van der Waals surface area contributed by atoms with E-state index >= 15 is 0 Å². The molecule has 1 aliphatic heterocycles. The summed E-state index contributed by atoms with van der Waals surface area (Å²) >= 11 is 1.21. The second-order valence-electron chi connectivity index (χ2n) is 4.82. The molecule has 0 spiro atoms. The number of rotatable bonds is 5. The number of likely N-dealkylation sites (tertiary alicyclic amines) is 1. The van der Waals surface area contributed by atoms with Gasteiger partial charge in [-0.15, -0.1) is 11.8 Å². The van der Waals surface area contributed by atoms with Crippen LogP contribution in [0.25, 0.3) is 0 Å². The van der Waals surface area contributed by atoms with Crippen LogP contribution in [-0.4, -0.2) is 51.4 Å². The smallest absolute Gasteiger partial charge is 0.326 e. The van der Waals surface area contributed by atoms with Gasteiger partial charge in [-0.25, -0.2) is 9.18 Å². The van der Waals surface area contributed by atoms with Gasteiger partial charge in [0.1, 0.15) is 11.9 Å². The first-order valence-corrected chi connectivity index (χ1v) is 7.55. The van der Waals surface area contributed by atoms with Crippen LogP contribution in [0, 0.1) is 5.82 Å². The van der Waals surface area contributed by atoms with Crippen molar-refractivity contribution in [1.29, 1.82) is 0 Å². The lowest BCUT2D eigenvalue weighted by Crippen LogP contribution is -2.40. The largest absolute Gasteiger partial charge is 0.480 e. The average molecular weight is 313 g/mol. The normalized spacial score (nSPS) is 21.5. The molecule has 2 N–H and O–H groups in total. The molecule has 1 aromatic carbocycles. The van der Waals surface area contributed by atoms with Crippen molar-refractivity contribution in [3.05, 3.63) is 30.1 Å². The molecule has 114 valence electrons. The molecule has 1 aliphatic rings. The molecular weight excluding hydrogens is 297 g/mol. The Morgan fingerprint density at radius 1 is 1.38 bits per heavy atom. The quantitative estimate of drug-likeness (QED) is 0.803. The Labute approximate surface area is 125 Å². The fourth-order valence-electron chi connectivity index (χ4n) is 2.28. The number of aliphatic hydroxyl groups excluding tert-OH is 1. The van der Waals surface area contributed by atoms with Crippen LogP contribution in [0.5, 0.6) is 0 Å². The lowest BCUT2D eigenvalue weighted by Gasteiger charge is -2.21. The monoisotopic (exact) mass is 313 g/mol. The molecule has 0 saturated carbocycles. The molecule has 1 fully saturated rings. The highest BCUT2D eigenvalue weighted by atomic mass is 32.2. The third kappa shape index (κ3) is 3.95. The van der Waals surface area contributed by atoms with Crippen LogP contribution >= 0.6 is 11.8 Å². The van der Waals surface area contributed by atoms with Gasteiger partial charge in [0.2, 0.25) is 5.91 Å². The van der Waals surface area contributed by atoms with Gasteiger partial charge in [-0.05, 0) is 12.1 Å². The number of hydrogen-bond acceptors (Lipinski definition) is 4. The SMILES string of the molecule is O=C(O)C1CC(O)CN1C(=O)CCSc1ccccc1F. The van der Waals surface area contributed by atoms with Gasteiger partial charge in [0.05, 0.1) is 6.10 Å². The van der Waals surface area contributed by atoms with Crippen LogP contribution in [-0.2, 0) is 9.59 Å². The lowest BCUT2D eigenvalue weighted by atomic mass is 10.2. The Hall–Kier alpha value is -1.60. The highest BCUT2D eigenvalue weighted by molar-refractivity contribution is 7.99. The summed E-state index contributed by atoms with van der Waals surface area (Å²) in [6.07, 6.45) is -0.633. The van der Waals surface area contributed by atoms with Crippen LogP contribution in [0.1, 0.15) is 12.8 Å². The second-order valence-corrected chi connectivity index (χ2v) is 5.96. The first-order chi connectivity index (χ1) is 9.99. The van der Waals surface area contributed by atoms with Gasteiger partial charge in [0.15, 0.2) is 0 Å². The van der Waals surface area contributed by atoms with Crippen LogP contribution < -0.4 is 0 Å². The molecule has 5 nitrogen and oxygen atoms in total. The summed E-state index contributed by atoms with van der Waals surface area (Å²) in [5.41, 5.74) is 0. The van der Waals surface area contributed by atoms with E-state index in [-0.39, 0.29) is 31.1 Å². The minimum Gasteiger partial charge on any atom is -0.480 e.